The second-order valence-corrected chi connectivity index (χ2v) is 16.2. The maximum absolute atomic E-state index is 5.40. The molecule has 1 aliphatic rings. The lowest BCUT2D eigenvalue weighted by Crippen LogP contribution is -2.16. The molecule has 0 saturated heterocycles. The average molecular weight is 724 g/mol. The molecule has 266 valence electrons. The summed E-state index contributed by atoms with van der Waals surface area (Å²) >= 11 is 0. The molecule has 0 atom stereocenters. The minimum absolute atomic E-state index is 0.199. The van der Waals surface area contributed by atoms with E-state index in [0.29, 0.717) is 0 Å². The molecule has 1 aliphatic carbocycles. The zero-order valence-electron chi connectivity index (χ0n) is 31.8. The lowest BCUT2D eigenvalue weighted by Gasteiger charge is -2.25. The van der Waals surface area contributed by atoms with Gasteiger partial charge in [-0.05, 0) is 117 Å². The molecule has 0 amide bonds. The van der Waals surface area contributed by atoms with Gasteiger partial charge in [-0.1, -0.05) is 184 Å². The topological polar surface area (TPSA) is 12.9 Å². The second-order valence-electron chi connectivity index (χ2n) is 16.2. The Morgan fingerprint density at radius 3 is 1.65 bits per heavy atom. The van der Waals surface area contributed by atoms with Crippen molar-refractivity contribution >= 4 is 64.8 Å². The Kier molecular flexibility index (Phi) is 6.75. The Morgan fingerprint density at radius 1 is 0.368 bits per heavy atom. The van der Waals surface area contributed by atoms with Crippen molar-refractivity contribution in [2.75, 3.05) is 0 Å². The standard InChI is InChI=1S/C56H37N/c1-56(2)50-21-10-9-19-47(50)55-54(56)52(53-42-16-6-4-13-36(42)28-31-51(53)57-55)37-24-22-34(23-25-37)38-26-29-45-46-30-27-39(41-20-11-14-35-12-3-5-15-40(35)41)33-49(46)44-18-8-7-17-43(44)48(45)32-38/h3-33H,1-2H3. The minimum Gasteiger partial charge on any atom is -0.247 e. The molecule has 10 aromatic carbocycles. The number of fused-ring (bicyclic) bond motifs is 13. The SMILES string of the molecule is CC1(C)c2ccccc2-c2nc3ccc4ccccc4c3c(-c3ccc(-c4ccc5c6ccc(-c7cccc8ccccc78)cc6c6ccccc6c5c4)cc3)c21. The van der Waals surface area contributed by atoms with Crippen LogP contribution in [0, 0.1) is 0 Å². The number of benzene rings is 10. The van der Waals surface area contributed by atoms with Gasteiger partial charge in [0.25, 0.3) is 0 Å². The van der Waals surface area contributed by atoms with Crippen molar-refractivity contribution in [2.24, 2.45) is 0 Å². The first-order chi connectivity index (χ1) is 28.0. The number of nitrogens with zero attached hydrogens (tertiary/aromatic N) is 1. The van der Waals surface area contributed by atoms with Crippen molar-refractivity contribution in [3.8, 4) is 44.6 Å². The van der Waals surface area contributed by atoms with Gasteiger partial charge in [-0.2, -0.15) is 0 Å². The first-order valence-corrected chi connectivity index (χ1v) is 20.0. The van der Waals surface area contributed by atoms with Gasteiger partial charge in [0.1, 0.15) is 0 Å². The van der Waals surface area contributed by atoms with Gasteiger partial charge >= 0.3 is 0 Å². The first-order valence-electron chi connectivity index (χ1n) is 20.0. The lowest BCUT2D eigenvalue weighted by atomic mass is 9.78. The maximum Gasteiger partial charge on any atom is 0.0759 e. The van der Waals surface area contributed by atoms with E-state index in [1.165, 1.54) is 109 Å². The molecular weight excluding hydrogens is 687 g/mol. The van der Waals surface area contributed by atoms with Gasteiger partial charge in [0.05, 0.1) is 11.2 Å². The highest BCUT2D eigenvalue weighted by Gasteiger charge is 2.39. The summed E-state index contributed by atoms with van der Waals surface area (Å²) in [5.74, 6) is 0. The summed E-state index contributed by atoms with van der Waals surface area (Å²) in [5.41, 5.74) is 13.3. The molecule has 0 spiro atoms. The van der Waals surface area contributed by atoms with Crippen LogP contribution < -0.4 is 0 Å². The highest BCUT2D eigenvalue weighted by molar-refractivity contribution is 6.26. The highest BCUT2D eigenvalue weighted by Crippen LogP contribution is 2.54. The van der Waals surface area contributed by atoms with Crippen LogP contribution in [0.5, 0.6) is 0 Å². The smallest absolute Gasteiger partial charge is 0.0759 e. The lowest BCUT2D eigenvalue weighted by molar-refractivity contribution is 0.662. The van der Waals surface area contributed by atoms with Gasteiger partial charge in [-0.25, -0.2) is 4.98 Å². The molecule has 1 heterocycles. The predicted molar refractivity (Wildman–Crippen MR) is 243 cm³/mol. The van der Waals surface area contributed by atoms with E-state index in [2.05, 4.69) is 202 Å². The van der Waals surface area contributed by atoms with Crippen LogP contribution in [-0.2, 0) is 5.41 Å². The fourth-order valence-corrected chi connectivity index (χ4v) is 10.1. The molecule has 1 aromatic heterocycles. The summed E-state index contributed by atoms with van der Waals surface area (Å²) < 4.78 is 0. The van der Waals surface area contributed by atoms with E-state index in [4.69, 9.17) is 4.98 Å². The zero-order chi connectivity index (χ0) is 37.8. The second kappa shape index (κ2) is 12.0. The number of rotatable bonds is 3. The number of pyridine rings is 1. The van der Waals surface area contributed by atoms with Gasteiger partial charge in [0, 0.05) is 16.4 Å². The third kappa shape index (κ3) is 4.66. The van der Waals surface area contributed by atoms with Crippen molar-refractivity contribution < 1.29 is 0 Å². The van der Waals surface area contributed by atoms with Gasteiger partial charge in [-0.3, -0.25) is 0 Å². The van der Waals surface area contributed by atoms with Gasteiger partial charge < -0.3 is 0 Å². The van der Waals surface area contributed by atoms with E-state index in [0.717, 1.165) is 11.2 Å². The molecule has 0 aliphatic heterocycles. The quantitative estimate of drug-likeness (QED) is 0.165. The van der Waals surface area contributed by atoms with E-state index in [1.807, 2.05) is 0 Å². The summed E-state index contributed by atoms with van der Waals surface area (Å²) in [6.07, 6.45) is 0. The Hall–Kier alpha value is -7.09. The zero-order valence-corrected chi connectivity index (χ0v) is 31.8. The van der Waals surface area contributed by atoms with Crippen LogP contribution >= 0.6 is 0 Å². The Labute approximate surface area is 331 Å². The summed E-state index contributed by atoms with van der Waals surface area (Å²) in [7, 11) is 0. The Bertz CT molecular complexity index is 3450. The van der Waals surface area contributed by atoms with Crippen LogP contribution in [0.4, 0.5) is 0 Å². The first kappa shape index (κ1) is 32.2. The van der Waals surface area contributed by atoms with E-state index in [-0.39, 0.29) is 5.41 Å². The van der Waals surface area contributed by atoms with Gasteiger partial charge in [0.15, 0.2) is 0 Å². The summed E-state index contributed by atoms with van der Waals surface area (Å²) in [6, 6.07) is 69.6. The molecular formula is C56H37N. The molecule has 0 unspecified atom stereocenters. The molecule has 0 fully saturated rings. The number of hydrogen-bond acceptors (Lipinski definition) is 1. The fraction of sp³-hybridized carbons (Fsp3) is 0.0536. The van der Waals surface area contributed by atoms with Crippen LogP contribution in [0.2, 0.25) is 0 Å². The molecule has 0 bridgehead atoms. The highest BCUT2D eigenvalue weighted by atomic mass is 14.7. The molecule has 12 rings (SSSR count). The normalized spacial score (nSPS) is 13.2. The molecule has 1 heteroatoms. The van der Waals surface area contributed by atoms with Crippen LogP contribution in [0.1, 0.15) is 25.0 Å². The van der Waals surface area contributed by atoms with Crippen LogP contribution in [0.25, 0.3) is 109 Å². The van der Waals surface area contributed by atoms with Crippen molar-refractivity contribution in [2.45, 2.75) is 19.3 Å². The summed E-state index contributed by atoms with van der Waals surface area (Å²) in [5, 5.41) is 13.9. The third-order valence-corrected chi connectivity index (χ3v) is 12.8. The number of hydrogen-bond donors (Lipinski definition) is 0. The molecule has 0 N–H and O–H groups in total. The molecule has 57 heavy (non-hydrogen) atoms. The molecule has 1 nitrogen and oxygen atoms in total. The maximum atomic E-state index is 5.40. The summed E-state index contributed by atoms with van der Waals surface area (Å²) in [6.45, 7) is 4.73. The fourth-order valence-electron chi connectivity index (χ4n) is 10.1. The van der Waals surface area contributed by atoms with Gasteiger partial charge in [0.2, 0.25) is 0 Å². The van der Waals surface area contributed by atoms with Gasteiger partial charge in [-0.15, -0.1) is 0 Å². The van der Waals surface area contributed by atoms with Crippen LogP contribution in [-0.4, -0.2) is 4.98 Å². The van der Waals surface area contributed by atoms with Crippen LogP contribution in [0.15, 0.2) is 188 Å². The van der Waals surface area contributed by atoms with Crippen molar-refractivity contribution in [3.63, 3.8) is 0 Å². The number of aromatic nitrogens is 1. The molecule has 0 saturated carbocycles. The molecule has 11 aromatic rings. The largest absolute Gasteiger partial charge is 0.247 e. The van der Waals surface area contributed by atoms with Crippen molar-refractivity contribution in [3.05, 3.63) is 199 Å². The van der Waals surface area contributed by atoms with E-state index in [9.17, 15) is 0 Å². The predicted octanol–water partition coefficient (Wildman–Crippen LogP) is 15.3. The molecule has 0 radical (unpaired) electrons. The monoisotopic (exact) mass is 723 g/mol. The minimum atomic E-state index is -0.199. The third-order valence-electron chi connectivity index (χ3n) is 12.8. The Balaban J connectivity index is 1.02. The Morgan fingerprint density at radius 2 is 0.895 bits per heavy atom. The average Bonchev–Trinajstić information content (AvgIpc) is 3.50. The van der Waals surface area contributed by atoms with Crippen molar-refractivity contribution in [1.29, 1.82) is 0 Å². The van der Waals surface area contributed by atoms with E-state index >= 15 is 0 Å². The van der Waals surface area contributed by atoms with E-state index in [1.54, 1.807) is 0 Å². The summed E-state index contributed by atoms with van der Waals surface area (Å²) in [4.78, 5) is 5.40. The van der Waals surface area contributed by atoms with Crippen molar-refractivity contribution in [1.82, 2.24) is 4.98 Å². The van der Waals surface area contributed by atoms with Crippen LogP contribution in [0.3, 0.4) is 0 Å². The van der Waals surface area contributed by atoms with E-state index < -0.39 is 0 Å².